The molecule has 1 unspecified atom stereocenters. The predicted octanol–water partition coefficient (Wildman–Crippen LogP) is 3.74. The Morgan fingerprint density at radius 2 is 1.77 bits per heavy atom. The molecule has 0 saturated heterocycles. The van der Waals surface area contributed by atoms with Gasteiger partial charge in [0.15, 0.2) is 0 Å². The van der Waals surface area contributed by atoms with Gasteiger partial charge in [-0.1, -0.05) is 18.2 Å². The van der Waals surface area contributed by atoms with Gasteiger partial charge in [0.25, 0.3) is 5.69 Å². The van der Waals surface area contributed by atoms with E-state index in [0.29, 0.717) is 0 Å². The summed E-state index contributed by atoms with van der Waals surface area (Å²) in [4.78, 5) is 10.2. The van der Waals surface area contributed by atoms with Crippen molar-refractivity contribution in [1.82, 2.24) is 0 Å². The molecular formula is C17H17NO4. The molecule has 2 rings (SSSR count). The topological polar surface area (TPSA) is 72.6 Å². The summed E-state index contributed by atoms with van der Waals surface area (Å²) in [6.45, 7) is 1.82. The number of methoxy groups -OCH3 is 1. The Morgan fingerprint density at radius 3 is 2.27 bits per heavy atom. The molecule has 1 atom stereocenters. The molecular weight excluding hydrogens is 282 g/mol. The van der Waals surface area contributed by atoms with Gasteiger partial charge in [-0.3, -0.25) is 10.1 Å². The lowest BCUT2D eigenvalue weighted by Gasteiger charge is -2.12. The molecule has 2 aromatic carbocycles. The van der Waals surface area contributed by atoms with Crippen LogP contribution in [0.3, 0.4) is 0 Å². The third-order valence-corrected chi connectivity index (χ3v) is 3.36. The average Bonchev–Trinajstić information content (AvgIpc) is 2.54. The molecule has 0 aliphatic rings. The summed E-state index contributed by atoms with van der Waals surface area (Å²) < 4.78 is 5.08. The van der Waals surface area contributed by atoms with Crippen LogP contribution in [0.4, 0.5) is 5.69 Å². The minimum absolute atomic E-state index is 0.0468. The first-order chi connectivity index (χ1) is 10.5. The predicted molar refractivity (Wildman–Crippen MR) is 84.7 cm³/mol. The highest BCUT2D eigenvalue weighted by Gasteiger charge is 2.10. The van der Waals surface area contributed by atoms with Gasteiger partial charge in [-0.25, -0.2) is 0 Å². The van der Waals surface area contributed by atoms with Crippen LogP contribution in [0.2, 0.25) is 0 Å². The molecule has 2 aromatic rings. The Hall–Kier alpha value is -2.66. The smallest absolute Gasteiger partial charge is 0.269 e. The molecule has 22 heavy (non-hydrogen) atoms. The Balaban J connectivity index is 2.17. The lowest BCUT2D eigenvalue weighted by molar-refractivity contribution is -0.384. The number of nitro benzene ring substituents is 1. The summed E-state index contributed by atoms with van der Waals surface area (Å²) in [6, 6.07) is 13.4. The zero-order chi connectivity index (χ0) is 16.1. The maximum absolute atomic E-state index is 10.6. The number of nitrogens with zero attached hydrogens (tertiary/aromatic N) is 1. The van der Waals surface area contributed by atoms with E-state index in [9.17, 15) is 15.2 Å². The Labute approximate surface area is 128 Å². The van der Waals surface area contributed by atoms with E-state index in [0.717, 1.165) is 22.4 Å². The minimum atomic E-state index is -0.735. The first-order valence-corrected chi connectivity index (χ1v) is 6.76. The van der Waals surface area contributed by atoms with Crippen LogP contribution < -0.4 is 4.74 Å². The second-order valence-electron chi connectivity index (χ2n) is 4.91. The number of hydrogen-bond acceptors (Lipinski definition) is 4. The molecule has 0 saturated carbocycles. The summed E-state index contributed by atoms with van der Waals surface area (Å²) >= 11 is 0. The number of benzene rings is 2. The highest BCUT2D eigenvalue weighted by atomic mass is 16.6. The van der Waals surface area contributed by atoms with Crippen molar-refractivity contribution in [3.8, 4) is 5.75 Å². The molecule has 0 radical (unpaired) electrons. The number of aliphatic hydroxyl groups excluding tert-OH is 1. The van der Waals surface area contributed by atoms with Gasteiger partial charge >= 0.3 is 0 Å². The Bertz CT molecular complexity index is 675. The monoisotopic (exact) mass is 299 g/mol. The molecule has 5 heteroatoms. The number of nitro groups is 1. The molecule has 0 heterocycles. The number of hydrogen-bond donors (Lipinski definition) is 1. The van der Waals surface area contributed by atoms with E-state index in [1.165, 1.54) is 12.1 Å². The minimum Gasteiger partial charge on any atom is -0.497 e. The average molecular weight is 299 g/mol. The van der Waals surface area contributed by atoms with Crippen LogP contribution in [-0.2, 0) is 0 Å². The SMILES string of the molecule is COc1ccc(C(O)/C(C)=C/c2ccc([N+](=O)[O-])cc2)cc1. The van der Waals surface area contributed by atoms with Crippen molar-refractivity contribution in [3.05, 3.63) is 75.3 Å². The third kappa shape index (κ3) is 3.71. The van der Waals surface area contributed by atoms with Crippen molar-refractivity contribution >= 4 is 11.8 Å². The van der Waals surface area contributed by atoms with E-state index in [1.54, 1.807) is 49.6 Å². The highest BCUT2D eigenvalue weighted by Crippen LogP contribution is 2.25. The first-order valence-electron chi connectivity index (χ1n) is 6.76. The lowest BCUT2D eigenvalue weighted by atomic mass is 10.0. The van der Waals surface area contributed by atoms with Crippen molar-refractivity contribution in [2.24, 2.45) is 0 Å². The van der Waals surface area contributed by atoms with Crippen molar-refractivity contribution in [2.45, 2.75) is 13.0 Å². The number of aliphatic hydroxyl groups is 1. The second kappa shape index (κ2) is 6.87. The fourth-order valence-corrected chi connectivity index (χ4v) is 2.08. The molecule has 0 aliphatic carbocycles. The zero-order valence-corrected chi connectivity index (χ0v) is 12.4. The molecule has 0 aromatic heterocycles. The summed E-state index contributed by atoms with van der Waals surface area (Å²) in [5.41, 5.74) is 2.36. The molecule has 0 amide bonds. The van der Waals surface area contributed by atoms with Crippen molar-refractivity contribution in [2.75, 3.05) is 7.11 Å². The summed E-state index contributed by atoms with van der Waals surface area (Å²) in [7, 11) is 1.59. The van der Waals surface area contributed by atoms with E-state index in [1.807, 2.05) is 6.92 Å². The van der Waals surface area contributed by atoms with Crippen LogP contribution in [0.25, 0.3) is 6.08 Å². The van der Waals surface area contributed by atoms with Gasteiger partial charge in [0.1, 0.15) is 11.9 Å². The fraction of sp³-hybridized carbons (Fsp3) is 0.176. The Morgan fingerprint density at radius 1 is 1.18 bits per heavy atom. The van der Waals surface area contributed by atoms with Gasteiger partial charge in [0, 0.05) is 12.1 Å². The van der Waals surface area contributed by atoms with Crippen LogP contribution in [0.1, 0.15) is 24.2 Å². The van der Waals surface area contributed by atoms with Gasteiger partial charge in [-0.15, -0.1) is 0 Å². The molecule has 1 N–H and O–H groups in total. The summed E-state index contributed by atoms with van der Waals surface area (Å²) in [5.74, 6) is 0.730. The normalized spacial score (nSPS) is 12.8. The molecule has 0 fully saturated rings. The lowest BCUT2D eigenvalue weighted by Crippen LogP contribution is -1.99. The van der Waals surface area contributed by atoms with Crippen LogP contribution in [0, 0.1) is 10.1 Å². The van der Waals surface area contributed by atoms with Gasteiger partial charge in [0.2, 0.25) is 0 Å². The van der Waals surface area contributed by atoms with E-state index in [-0.39, 0.29) is 5.69 Å². The van der Waals surface area contributed by atoms with Gasteiger partial charge in [-0.2, -0.15) is 0 Å². The first kappa shape index (κ1) is 15.7. The van der Waals surface area contributed by atoms with E-state index >= 15 is 0 Å². The van der Waals surface area contributed by atoms with Crippen molar-refractivity contribution < 1.29 is 14.8 Å². The maximum atomic E-state index is 10.6. The van der Waals surface area contributed by atoms with Gasteiger partial charge in [-0.05, 0) is 47.9 Å². The van der Waals surface area contributed by atoms with Crippen LogP contribution >= 0.6 is 0 Å². The van der Waals surface area contributed by atoms with E-state index < -0.39 is 11.0 Å². The van der Waals surface area contributed by atoms with Crippen molar-refractivity contribution in [1.29, 1.82) is 0 Å². The second-order valence-corrected chi connectivity index (χ2v) is 4.91. The number of non-ortho nitro benzene ring substituents is 1. The van der Waals surface area contributed by atoms with Crippen molar-refractivity contribution in [3.63, 3.8) is 0 Å². The molecule has 0 aliphatic heterocycles. The molecule has 114 valence electrons. The maximum Gasteiger partial charge on any atom is 0.269 e. The number of rotatable bonds is 5. The Kier molecular flexibility index (Phi) is 4.91. The highest BCUT2D eigenvalue weighted by molar-refractivity contribution is 5.56. The molecule has 5 nitrogen and oxygen atoms in total. The zero-order valence-electron chi connectivity index (χ0n) is 12.4. The van der Waals surface area contributed by atoms with Crippen LogP contribution in [0.15, 0.2) is 54.1 Å². The molecule has 0 spiro atoms. The van der Waals surface area contributed by atoms with Crippen LogP contribution in [-0.4, -0.2) is 17.1 Å². The summed E-state index contributed by atoms with van der Waals surface area (Å²) in [6.07, 6.45) is 1.07. The van der Waals surface area contributed by atoms with E-state index in [4.69, 9.17) is 4.74 Å². The summed E-state index contributed by atoms with van der Waals surface area (Å²) in [5, 5.41) is 21.0. The van der Waals surface area contributed by atoms with Gasteiger partial charge < -0.3 is 9.84 Å². The third-order valence-electron chi connectivity index (χ3n) is 3.36. The van der Waals surface area contributed by atoms with E-state index in [2.05, 4.69) is 0 Å². The largest absolute Gasteiger partial charge is 0.497 e. The van der Waals surface area contributed by atoms with Gasteiger partial charge in [0.05, 0.1) is 12.0 Å². The number of ether oxygens (including phenoxy) is 1. The standard InChI is InChI=1S/C17H17NO4/c1-12(11-13-3-7-15(8-4-13)18(20)21)17(19)14-5-9-16(22-2)10-6-14/h3-11,17,19H,1-2H3/b12-11+. The molecule has 0 bridgehead atoms. The quantitative estimate of drug-likeness (QED) is 0.674. The van der Waals surface area contributed by atoms with Crippen LogP contribution in [0.5, 0.6) is 5.75 Å². The fourth-order valence-electron chi connectivity index (χ4n) is 2.08.